The molecule has 1 aromatic carbocycles. The summed E-state index contributed by atoms with van der Waals surface area (Å²) < 4.78 is 0. The molecule has 0 nitrogen and oxygen atoms in total. The summed E-state index contributed by atoms with van der Waals surface area (Å²) in [5, 5.41) is 1.35. The van der Waals surface area contributed by atoms with Crippen molar-refractivity contribution < 1.29 is 0 Å². The number of hydrogen-bond acceptors (Lipinski definition) is 0. The molecule has 0 bridgehead atoms. The lowest BCUT2D eigenvalue weighted by Crippen LogP contribution is -1.81. The van der Waals surface area contributed by atoms with Crippen LogP contribution in [0.25, 0.3) is 0 Å². The SMILES string of the molecule is Cc1c[c]c(Cl)c(C)c1Cl. The van der Waals surface area contributed by atoms with Crippen molar-refractivity contribution in [3.05, 3.63) is 33.3 Å². The lowest BCUT2D eigenvalue weighted by Gasteiger charge is -2.01. The van der Waals surface area contributed by atoms with Crippen LogP contribution in [0.2, 0.25) is 10.0 Å². The maximum absolute atomic E-state index is 5.88. The first kappa shape index (κ1) is 7.90. The fourth-order valence-corrected chi connectivity index (χ4v) is 1.08. The molecule has 0 saturated heterocycles. The van der Waals surface area contributed by atoms with Gasteiger partial charge in [0.2, 0.25) is 0 Å². The van der Waals surface area contributed by atoms with E-state index in [1.807, 2.05) is 13.8 Å². The van der Waals surface area contributed by atoms with Gasteiger partial charge in [0.25, 0.3) is 0 Å². The Hall–Kier alpha value is -0.200. The molecule has 0 spiro atoms. The summed E-state index contributed by atoms with van der Waals surface area (Å²) in [6.45, 7) is 3.82. The van der Waals surface area contributed by atoms with Gasteiger partial charge in [-0.1, -0.05) is 23.2 Å². The van der Waals surface area contributed by atoms with Crippen molar-refractivity contribution in [1.29, 1.82) is 0 Å². The molecular formula is C8H7Cl2. The predicted octanol–water partition coefficient (Wildman–Crippen LogP) is 3.41. The van der Waals surface area contributed by atoms with Gasteiger partial charge < -0.3 is 0 Å². The van der Waals surface area contributed by atoms with Gasteiger partial charge in [0.1, 0.15) is 0 Å². The van der Waals surface area contributed by atoms with E-state index in [-0.39, 0.29) is 0 Å². The zero-order valence-corrected chi connectivity index (χ0v) is 7.35. The lowest BCUT2D eigenvalue weighted by molar-refractivity contribution is 1.38. The van der Waals surface area contributed by atoms with Crippen LogP contribution in [0.3, 0.4) is 0 Å². The molecule has 53 valence electrons. The van der Waals surface area contributed by atoms with Crippen molar-refractivity contribution in [3.8, 4) is 0 Å². The highest BCUT2D eigenvalue weighted by molar-refractivity contribution is 6.36. The average molecular weight is 174 g/mol. The van der Waals surface area contributed by atoms with E-state index in [1.54, 1.807) is 6.07 Å². The van der Waals surface area contributed by atoms with Crippen LogP contribution in [0.1, 0.15) is 11.1 Å². The van der Waals surface area contributed by atoms with Gasteiger partial charge in [-0.05, 0) is 31.0 Å². The summed E-state index contributed by atoms with van der Waals surface area (Å²) in [4.78, 5) is 0. The van der Waals surface area contributed by atoms with Crippen molar-refractivity contribution in [2.24, 2.45) is 0 Å². The van der Waals surface area contributed by atoms with Gasteiger partial charge in [-0.25, -0.2) is 0 Å². The van der Waals surface area contributed by atoms with Gasteiger partial charge >= 0.3 is 0 Å². The van der Waals surface area contributed by atoms with E-state index in [1.165, 1.54) is 0 Å². The van der Waals surface area contributed by atoms with Crippen LogP contribution in [0.4, 0.5) is 0 Å². The second-order valence-corrected chi connectivity index (χ2v) is 2.98. The van der Waals surface area contributed by atoms with Crippen LogP contribution >= 0.6 is 23.2 Å². The van der Waals surface area contributed by atoms with Crippen molar-refractivity contribution >= 4 is 23.2 Å². The summed E-state index contributed by atoms with van der Waals surface area (Å²) in [6, 6.07) is 4.68. The Morgan fingerprint density at radius 1 is 1.30 bits per heavy atom. The molecular weight excluding hydrogens is 167 g/mol. The predicted molar refractivity (Wildman–Crippen MR) is 44.8 cm³/mol. The number of rotatable bonds is 0. The zero-order valence-electron chi connectivity index (χ0n) is 5.83. The quantitative estimate of drug-likeness (QED) is 0.565. The Bertz CT molecular complexity index is 227. The van der Waals surface area contributed by atoms with Gasteiger partial charge in [0.05, 0.1) is 5.02 Å². The minimum atomic E-state index is 0.607. The molecule has 0 aliphatic rings. The normalized spacial score (nSPS) is 10.0. The molecule has 0 N–H and O–H groups in total. The van der Waals surface area contributed by atoms with E-state index < -0.39 is 0 Å². The molecule has 2 heteroatoms. The highest BCUT2D eigenvalue weighted by atomic mass is 35.5. The molecule has 0 fully saturated rings. The smallest absolute Gasteiger partial charge is 0.0529 e. The molecule has 0 atom stereocenters. The first-order chi connectivity index (χ1) is 4.63. The average Bonchev–Trinajstić information content (AvgIpc) is 1.93. The molecule has 0 aromatic heterocycles. The topological polar surface area (TPSA) is 0 Å². The van der Waals surface area contributed by atoms with Gasteiger partial charge in [0, 0.05) is 11.1 Å². The van der Waals surface area contributed by atoms with Gasteiger partial charge in [-0.3, -0.25) is 0 Å². The molecule has 10 heavy (non-hydrogen) atoms. The van der Waals surface area contributed by atoms with Crippen LogP contribution in [0.5, 0.6) is 0 Å². The Morgan fingerprint density at radius 2 is 1.90 bits per heavy atom. The van der Waals surface area contributed by atoms with Crippen LogP contribution < -0.4 is 0 Å². The molecule has 0 aliphatic carbocycles. The minimum absolute atomic E-state index is 0.607. The zero-order chi connectivity index (χ0) is 7.72. The third-order valence-electron chi connectivity index (χ3n) is 1.42. The molecule has 0 amide bonds. The van der Waals surface area contributed by atoms with E-state index in [4.69, 9.17) is 23.2 Å². The standard InChI is InChI=1S/C8H7Cl2/c1-5-3-4-7(9)6(2)8(5)10/h3H,1-2H3. The third-order valence-corrected chi connectivity index (χ3v) is 2.39. The van der Waals surface area contributed by atoms with E-state index in [2.05, 4.69) is 6.07 Å². The van der Waals surface area contributed by atoms with E-state index in [9.17, 15) is 0 Å². The second kappa shape index (κ2) is 2.81. The van der Waals surface area contributed by atoms with Crippen LogP contribution in [-0.4, -0.2) is 0 Å². The largest absolute Gasteiger partial charge is 0.0837 e. The number of benzene rings is 1. The molecule has 1 radical (unpaired) electrons. The number of halogens is 2. The van der Waals surface area contributed by atoms with Gasteiger partial charge in [0.15, 0.2) is 0 Å². The van der Waals surface area contributed by atoms with Crippen molar-refractivity contribution in [2.45, 2.75) is 13.8 Å². The molecule has 1 rings (SSSR count). The fraction of sp³-hybridized carbons (Fsp3) is 0.250. The minimum Gasteiger partial charge on any atom is -0.0837 e. The lowest BCUT2D eigenvalue weighted by atomic mass is 10.2. The molecule has 1 aromatic rings. The van der Waals surface area contributed by atoms with Gasteiger partial charge in [-0.15, -0.1) is 0 Å². The summed E-state index contributed by atoms with van der Waals surface area (Å²) >= 11 is 11.6. The maximum atomic E-state index is 5.88. The Balaban J connectivity index is 3.34. The summed E-state index contributed by atoms with van der Waals surface area (Å²) in [6.07, 6.45) is 0. The van der Waals surface area contributed by atoms with Crippen molar-refractivity contribution in [2.75, 3.05) is 0 Å². The summed E-state index contributed by atoms with van der Waals surface area (Å²) in [5.41, 5.74) is 1.92. The molecule has 0 unspecified atom stereocenters. The fourth-order valence-electron chi connectivity index (χ4n) is 0.735. The first-order valence-corrected chi connectivity index (χ1v) is 3.71. The van der Waals surface area contributed by atoms with Crippen LogP contribution in [0, 0.1) is 19.9 Å². The number of aryl methyl sites for hydroxylation is 1. The second-order valence-electron chi connectivity index (χ2n) is 2.22. The molecule has 0 heterocycles. The van der Waals surface area contributed by atoms with E-state index in [0.29, 0.717) is 5.02 Å². The van der Waals surface area contributed by atoms with Gasteiger partial charge in [-0.2, -0.15) is 0 Å². The van der Waals surface area contributed by atoms with Crippen molar-refractivity contribution in [1.82, 2.24) is 0 Å². The molecule has 0 aliphatic heterocycles. The monoisotopic (exact) mass is 173 g/mol. The first-order valence-electron chi connectivity index (χ1n) is 2.96. The van der Waals surface area contributed by atoms with Crippen LogP contribution in [0.15, 0.2) is 6.07 Å². The summed E-state index contributed by atoms with van der Waals surface area (Å²) in [5.74, 6) is 0. The Kier molecular flexibility index (Phi) is 2.22. The number of hydrogen-bond donors (Lipinski definition) is 0. The molecule has 0 saturated carbocycles. The Morgan fingerprint density at radius 3 is 2.40 bits per heavy atom. The van der Waals surface area contributed by atoms with Crippen LogP contribution in [-0.2, 0) is 0 Å². The maximum Gasteiger partial charge on any atom is 0.0529 e. The Labute approximate surface area is 70.8 Å². The van der Waals surface area contributed by atoms with E-state index >= 15 is 0 Å². The third kappa shape index (κ3) is 1.28. The highest BCUT2D eigenvalue weighted by Gasteiger charge is 2.01. The highest BCUT2D eigenvalue weighted by Crippen LogP contribution is 2.25. The van der Waals surface area contributed by atoms with Crippen molar-refractivity contribution in [3.63, 3.8) is 0 Å². The summed E-state index contributed by atoms with van der Waals surface area (Å²) in [7, 11) is 0. The van der Waals surface area contributed by atoms with E-state index in [0.717, 1.165) is 16.1 Å².